The van der Waals surface area contributed by atoms with Crippen LogP contribution in [0.2, 0.25) is 0 Å². The molecule has 0 saturated heterocycles. The molecule has 9 heavy (non-hydrogen) atoms. The summed E-state index contributed by atoms with van der Waals surface area (Å²) in [4.78, 5) is 0. The van der Waals surface area contributed by atoms with Crippen molar-refractivity contribution in [3.63, 3.8) is 0 Å². The van der Waals surface area contributed by atoms with E-state index in [-0.39, 0.29) is 5.38 Å². The fraction of sp³-hybridized carbons (Fsp3) is 0.667. The van der Waals surface area contributed by atoms with Crippen molar-refractivity contribution in [3.05, 3.63) is 10.4 Å². The Balaban J connectivity index is 3.55. The lowest BCUT2D eigenvalue weighted by Gasteiger charge is -1.95. The number of hydrogen-bond acceptors (Lipinski definition) is 1. The average Bonchev–Trinajstić information content (AvgIpc) is 1.63. The molecular weight excluding hydrogens is 175 g/mol. The van der Waals surface area contributed by atoms with Crippen LogP contribution < -0.4 is 0 Å². The second-order valence-corrected chi connectivity index (χ2v) is 4.21. The van der Waals surface area contributed by atoms with Crippen molar-refractivity contribution in [3.8, 4) is 0 Å². The van der Waals surface area contributed by atoms with Gasteiger partial charge in [0.25, 0.3) is 0 Å². The van der Waals surface area contributed by atoms with E-state index in [0.717, 1.165) is 10.1 Å². The normalized spacial score (nSPS) is 15.8. The third-order valence-corrected chi connectivity index (χ3v) is 1.92. The van der Waals surface area contributed by atoms with E-state index in [1.807, 2.05) is 13.0 Å². The van der Waals surface area contributed by atoms with E-state index < -0.39 is 0 Å². The van der Waals surface area contributed by atoms with Crippen molar-refractivity contribution in [2.75, 3.05) is 5.75 Å². The van der Waals surface area contributed by atoms with E-state index in [1.165, 1.54) is 0 Å². The monoisotopic (exact) mass is 184 g/mol. The van der Waals surface area contributed by atoms with Gasteiger partial charge in [-0.3, -0.25) is 0 Å². The SMILES string of the molecule is CCS/C(Cl)=C/C(C)Cl. The molecule has 0 spiro atoms. The summed E-state index contributed by atoms with van der Waals surface area (Å²) in [6.07, 6.45) is 1.83. The minimum Gasteiger partial charge on any atom is -0.119 e. The molecule has 3 heteroatoms. The number of allylic oxidation sites excluding steroid dienone is 1. The third-order valence-electron chi connectivity index (χ3n) is 0.643. The lowest BCUT2D eigenvalue weighted by molar-refractivity contribution is 1.23. The molecule has 0 N–H and O–H groups in total. The van der Waals surface area contributed by atoms with Crippen LogP contribution in [0.3, 0.4) is 0 Å². The Kier molecular flexibility index (Phi) is 5.86. The van der Waals surface area contributed by atoms with Crippen molar-refractivity contribution >= 4 is 35.0 Å². The Morgan fingerprint density at radius 3 is 2.67 bits per heavy atom. The van der Waals surface area contributed by atoms with Gasteiger partial charge in [-0.2, -0.15) is 0 Å². The van der Waals surface area contributed by atoms with Gasteiger partial charge >= 0.3 is 0 Å². The molecule has 0 rings (SSSR count). The maximum Gasteiger partial charge on any atom is 0.0709 e. The molecule has 0 aromatic carbocycles. The van der Waals surface area contributed by atoms with Crippen molar-refractivity contribution in [2.24, 2.45) is 0 Å². The minimum absolute atomic E-state index is 0.0385. The summed E-state index contributed by atoms with van der Waals surface area (Å²) in [5.74, 6) is 0.999. The quantitative estimate of drug-likeness (QED) is 0.607. The Morgan fingerprint density at radius 1 is 1.78 bits per heavy atom. The van der Waals surface area contributed by atoms with Gasteiger partial charge in [-0.05, 0) is 18.8 Å². The average molecular weight is 185 g/mol. The van der Waals surface area contributed by atoms with Crippen LogP contribution in [0.5, 0.6) is 0 Å². The highest BCUT2D eigenvalue weighted by atomic mass is 35.5. The van der Waals surface area contributed by atoms with Crippen molar-refractivity contribution < 1.29 is 0 Å². The lowest BCUT2D eigenvalue weighted by atomic mass is 10.5. The number of alkyl halides is 1. The van der Waals surface area contributed by atoms with Gasteiger partial charge in [0.05, 0.1) is 9.74 Å². The number of halogens is 2. The molecule has 1 unspecified atom stereocenters. The van der Waals surface area contributed by atoms with Gasteiger partial charge in [0.2, 0.25) is 0 Å². The Morgan fingerprint density at radius 2 is 2.33 bits per heavy atom. The fourth-order valence-corrected chi connectivity index (χ4v) is 1.72. The molecule has 0 aromatic heterocycles. The first-order chi connectivity index (χ1) is 4.16. The number of hydrogen-bond donors (Lipinski definition) is 0. The Hall–Kier alpha value is 0.670. The van der Waals surface area contributed by atoms with Gasteiger partial charge in [-0.15, -0.1) is 23.4 Å². The smallest absolute Gasteiger partial charge is 0.0709 e. The Bertz CT molecular complexity index is 99.2. The maximum absolute atomic E-state index is 5.72. The molecule has 0 bridgehead atoms. The van der Waals surface area contributed by atoms with E-state index in [9.17, 15) is 0 Å². The number of rotatable bonds is 3. The van der Waals surface area contributed by atoms with Crippen LogP contribution in [0.1, 0.15) is 13.8 Å². The third kappa shape index (κ3) is 6.56. The molecule has 0 heterocycles. The summed E-state index contributed by atoms with van der Waals surface area (Å²) in [5.41, 5.74) is 0. The van der Waals surface area contributed by atoms with Crippen LogP contribution in [-0.2, 0) is 0 Å². The van der Waals surface area contributed by atoms with E-state index >= 15 is 0 Å². The second kappa shape index (κ2) is 5.45. The lowest BCUT2D eigenvalue weighted by Crippen LogP contribution is -1.81. The minimum atomic E-state index is 0.0385. The number of thioether (sulfide) groups is 1. The van der Waals surface area contributed by atoms with E-state index in [1.54, 1.807) is 11.8 Å². The topological polar surface area (TPSA) is 0 Å². The molecule has 0 saturated carbocycles. The standard InChI is InChI=1S/C6H10Cl2S/c1-3-9-6(8)4-5(2)7/h4-5H,3H2,1-2H3/b6-4+. The molecule has 0 aliphatic rings. The van der Waals surface area contributed by atoms with E-state index in [0.29, 0.717) is 0 Å². The van der Waals surface area contributed by atoms with Crippen LogP contribution in [0.15, 0.2) is 10.4 Å². The Labute approximate surface area is 70.6 Å². The zero-order valence-electron chi connectivity index (χ0n) is 5.53. The molecule has 0 aliphatic heterocycles. The highest BCUT2D eigenvalue weighted by Crippen LogP contribution is 2.20. The van der Waals surface area contributed by atoms with Crippen molar-refractivity contribution in [1.82, 2.24) is 0 Å². The molecular formula is C6H10Cl2S. The first-order valence-electron chi connectivity index (χ1n) is 2.81. The predicted molar refractivity (Wildman–Crippen MR) is 47.4 cm³/mol. The van der Waals surface area contributed by atoms with Crippen LogP contribution >= 0.6 is 35.0 Å². The van der Waals surface area contributed by atoms with E-state index in [4.69, 9.17) is 23.2 Å². The first kappa shape index (κ1) is 9.67. The molecule has 0 radical (unpaired) electrons. The highest BCUT2D eigenvalue weighted by Gasteiger charge is 1.93. The largest absolute Gasteiger partial charge is 0.119 e. The summed E-state index contributed by atoms with van der Waals surface area (Å²) in [6.45, 7) is 3.94. The molecule has 0 amide bonds. The molecule has 0 aliphatic carbocycles. The molecule has 0 fully saturated rings. The summed E-state index contributed by atoms with van der Waals surface area (Å²) in [6, 6.07) is 0. The zero-order valence-corrected chi connectivity index (χ0v) is 7.85. The maximum atomic E-state index is 5.72. The van der Waals surface area contributed by atoms with Crippen LogP contribution in [0.25, 0.3) is 0 Å². The van der Waals surface area contributed by atoms with Crippen molar-refractivity contribution in [2.45, 2.75) is 19.2 Å². The van der Waals surface area contributed by atoms with Crippen LogP contribution in [0.4, 0.5) is 0 Å². The van der Waals surface area contributed by atoms with Gasteiger partial charge in [-0.1, -0.05) is 18.5 Å². The first-order valence-corrected chi connectivity index (χ1v) is 4.61. The molecule has 0 nitrogen and oxygen atoms in total. The second-order valence-electron chi connectivity index (χ2n) is 1.58. The summed E-state index contributed by atoms with van der Waals surface area (Å²) in [5, 5.41) is 0.0385. The molecule has 54 valence electrons. The highest BCUT2D eigenvalue weighted by molar-refractivity contribution is 8.04. The van der Waals surface area contributed by atoms with Crippen molar-refractivity contribution in [1.29, 1.82) is 0 Å². The molecule has 0 aromatic rings. The van der Waals surface area contributed by atoms with E-state index in [2.05, 4.69) is 6.92 Å². The summed E-state index contributed by atoms with van der Waals surface area (Å²) < 4.78 is 0.792. The fourth-order valence-electron chi connectivity index (χ4n) is 0.367. The zero-order chi connectivity index (χ0) is 7.28. The van der Waals surface area contributed by atoms with Gasteiger partial charge in [-0.25, -0.2) is 0 Å². The molecule has 1 atom stereocenters. The van der Waals surface area contributed by atoms with Gasteiger partial charge < -0.3 is 0 Å². The van der Waals surface area contributed by atoms with Crippen LogP contribution in [-0.4, -0.2) is 11.1 Å². The van der Waals surface area contributed by atoms with Gasteiger partial charge in [0.15, 0.2) is 0 Å². The van der Waals surface area contributed by atoms with Gasteiger partial charge in [0, 0.05) is 0 Å². The summed E-state index contributed by atoms with van der Waals surface area (Å²) in [7, 11) is 0. The van der Waals surface area contributed by atoms with Crippen LogP contribution in [0, 0.1) is 0 Å². The predicted octanol–water partition coefficient (Wildman–Crippen LogP) is 3.45. The van der Waals surface area contributed by atoms with Gasteiger partial charge in [0.1, 0.15) is 0 Å². The summed E-state index contributed by atoms with van der Waals surface area (Å²) >= 11 is 13.0.